The van der Waals surface area contributed by atoms with E-state index in [1.807, 2.05) is 114 Å². The minimum Gasteiger partial charge on any atom is -0.309 e. The fourth-order valence-corrected chi connectivity index (χ4v) is 7.59. The van der Waals surface area contributed by atoms with E-state index in [1.165, 1.54) is 0 Å². The number of fused-ring (bicyclic) bond motifs is 6. The van der Waals surface area contributed by atoms with Gasteiger partial charge in [-0.05, 0) is 70.7 Å². The van der Waals surface area contributed by atoms with E-state index in [1.54, 1.807) is 28.8 Å². The van der Waals surface area contributed by atoms with Gasteiger partial charge in [0, 0.05) is 38.4 Å². The quantitative estimate of drug-likeness (QED) is 0.172. The Morgan fingerprint density at radius 3 is 1.70 bits per heavy atom. The average Bonchev–Trinajstić information content (AvgIpc) is 3.87. The first-order valence-corrected chi connectivity index (χ1v) is 18.3. The highest BCUT2D eigenvalue weighted by molar-refractivity contribution is 6.12. The standard InChI is InChI=1S/C51H33N5/c1-4-14-34(15-5-1)35-24-26-37(27-25-35)50-52-49(36-16-6-2-7-17-36)53-51(54-50)56-46-23-13-11-21-42(46)44-33-39(29-31-48(44)56)38-28-30-47-43(32-38)41-20-10-12-22-45(41)55(47)40-18-8-3-9-19-40/h1-33H/i10D,12D,20D,22D,28D,30D,32D. The topological polar surface area (TPSA) is 48.5 Å². The molecule has 0 spiro atoms. The zero-order valence-corrected chi connectivity index (χ0v) is 29.7. The molecular weight excluding hydrogens is 683 g/mol. The van der Waals surface area contributed by atoms with E-state index in [0.29, 0.717) is 28.8 Å². The second-order valence-electron chi connectivity index (χ2n) is 13.5. The van der Waals surface area contributed by atoms with E-state index in [2.05, 4.69) is 24.3 Å². The number of aromatic nitrogens is 5. The molecule has 0 aliphatic heterocycles. The molecule has 0 fully saturated rings. The summed E-state index contributed by atoms with van der Waals surface area (Å²) in [5.41, 5.74) is 7.01. The SMILES string of the molecule is [2H]c1c([2H])c([2H])c2c(c1[2H])c1c([2H])c(-c3ccc4c(c3)c3ccccc3n4-c3nc(-c4ccccc4)nc(-c4ccc(-c5ccccc5)cc4)n3)c([2H])c([2H])c1n2-c1ccccc1. The first kappa shape index (κ1) is 25.4. The smallest absolute Gasteiger partial charge is 0.238 e. The molecule has 0 aliphatic carbocycles. The summed E-state index contributed by atoms with van der Waals surface area (Å²) in [6.45, 7) is 0. The zero-order chi connectivity index (χ0) is 43.1. The van der Waals surface area contributed by atoms with Gasteiger partial charge in [-0.15, -0.1) is 0 Å². The van der Waals surface area contributed by atoms with Crippen molar-refractivity contribution in [2.45, 2.75) is 0 Å². The molecule has 11 aromatic rings. The molecule has 0 unspecified atom stereocenters. The molecule has 262 valence electrons. The van der Waals surface area contributed by atoms with Crippen LogP contribution in [0.4, 0.5) is 0 Å². The van der Waals surface area contributed by atoms with Gasteiger partial charge >= 0.3 is 0 Å². The molecule has 3 aromatic heterocycles. The van der Waals surface area contributed by atoms with Crippen molar-refractivity contribution in [1.82, 2.24) is 24.1 Å². The second kappa shape index (κ2) is 13.0. The minimum atomic E-state index is -0.433. The van der Waals surface area contributed by atoms with Gasteiger partial charge in [0.15, 0.2) is 11.6 Å². The van der Waals surface area contributed by atoms with Crippen molar-refractivity contribution in [2.75, 3.05) is 0 Å². The number of benzene rings is 8. The molecule has 8 aromatic carbocycles. The summed E-state index contributed by atoms with van der Waals surface area (Å²) >= 11 is 0. The Labute approximate surface area is 333 Å². The summed E-state index contributed by atoms with van der Waals surface area (Å²) in [4.78, 5) is 15.1. The fraction of sp³-hybridized carbons (Fsp3) is 0. The summed E-state index contributed by atoms with van der Waals surface area (Å²) in [5.74, 6) is 1.42. The van der Waals surface area contributed by atoms with Crippen molar-refractivity contribution in [1.29, 1.82) is 0 Å². The van der Waals surface area contributed by atoms with Gasteiger partial charge in [-0.2, -0.15) is 9.97 Å². The lowest BCUT2D eigenvalue weighted by atomic mass is 10.0. The molecule has 0 N–H and O–H groups in total. The molecule has 0 aliphatic rings. The minimum absolute atomic E-state index is 0.105. The van der Waals surface area contributed by atoms with Crippen molar-refractivity contribution in [3.8, 4) is 56.7 Å². The van der Waals surface area contributed by atoms with Gasteiger partial charge < -0.3 is 4.57 Å². The maximum atomic E-state index is 9.75. The Kier molecular flexibility index (Phi) is 5.92. The van der Waals surface area contributed by atoms with E-state index in [9.17, 15) is 4.11 Å². The van der Waals surface area contributed by atoms with Crippen molar-refractivity contribution in [2.24, 2.45) is 0 Å². The van der Waals surface area contributed by atoms with Crippen molar-refractivity contribution in [3.05, 3.63) is 200 Å². The highest BCUT2D eigenvalue weighted by atomic mass is 15.2. The van der Waals surface area contributed by atoms with E-state index in [-0.39, 0.29) is 57.6 Å². The van der Waals surface area contributed by atoms with Crippen LogP contribution in [0.3, 0.4) is 0 Å². The first-order chi connectivity index (χ1) is 30.7. The van der Waals surface area contributed by atoms with E-state index < -0.39 is 12.1 Å². The van der Waals surface area contributed by atoms with Crippen LogP contribution in [0.15, 0.2) is 200 Å². The number of rotatable bonds is 6. The molecule has 3 heterocycles. The lowest BCUT2D eigenvalue weighted by Gasteiger charge is -2.11. The van der Waals surface area contributed by atoms with Crippen LogP contribution in [0, 0.1) is 0 Å². The number of para-hydroxylation sites is 3. The normalized spacial score (nSPS) is 13.3. The molecule has 56 heavy (non-hydrogen) atoms. The lowest BCUT2D eigenvalue weighted by Crippen LogP contribution is -2.06. The van der Waals surface area contributed by atoms with Gasteiger partial charge in [-0.25, -0.2) is 4.98 Å². The molecule has 0 amide bonds. The maximum Gasteiger partial charge on any atom is 0.238 e. The van der Waals surface area contributed by atoms with Crippen LogP contribution < -0.4 is 0 Å². The Morgan fingerprint density at radius 1 is 0.357 bits per heavy atom. The predicted molar refractivity (Wildman–Crippen MR) is 230 cm³/mol. The molecule has 0 atom stereocenters. The third-order valence-corrected chi connectivity index (χ3v) is 10.2. The molecule has 0 saturated carbocycles. The monoisotopic (exact) mass is 722 g/mol. The summed E-state index contributed by atoms with van der Waals surface area (Å²) in [7, 11) is 0. The van der Waals surface area contributed by atoms with Crippen LogP contribution in [-0.2, 0) is 0 Å². The van der Waals surface area contributed by atoms with Gasteiger partial charge in [0.2, 0.25) is 5.95 Å². The zero-order valence-electron chi connectivity index (χ0n) is 36.7. The average molecular weight is 723 g/mol. The van der Waals surface area contributed by atoms with Crippen LogP contribution in [0.1, 0.15) is 9.60 Å². The molecule has 11 rings (SSSR count). The fourth-order valence-electron chi connectivity index (χ4n) is 7.59. The lowest BCUT2D eigenvalue weighted by molar-refractivity contribution is 0.953. The third-order valence-electron chi connectivity index (χ3n) is 10.2. The summed E-state index contributed by atoms with van der Waals surface area (Å²) in [5, 5.41) is 2.00. The Bertz CT molecular complexity index is 3630. The molecule has 5 heteroatoms. The van der Waals surface area contributed by atoms with Crippen molar-refractivity contribution in [3.63, 3.8) is 0 Å². The van der Waals surface area contributed by atoms with Crippen molar-refractivity contribution < 1.29 is 9.60 Å². The van der Waals surface area contributed by atoms with Gasteiger partial charge in [0.25, 0.3) is 0 Å². The van der Waals surface area contributed by atoms with Crippen LogP contribution in [0.2, 0.25) is 0 Å². The number of hydrogen-bond acceptors (Lipinski definition) is 3. The molecule has 5 nitrogen and oxygen atoms in total. The third kappa shape index (κ3) is 5.29. The summed E-state index contributed by atoms with van der Waals surface area (Å²) < 4.78 is 67.3. The number of nitrogens with zero attached hydrogens (tertiary/aromatic N) is 5. The van der Waals surface area contributed by atoms with Gasteiger partial charge in [0.1, 0.15) is 0 Å². The van der Waals surface area contributed by atoms with Crippen LogP contribution in [0.25, 0.3) is 100 Å². The molecule has 0 saturated heterocycles. The Hall–Kier alpha value is -7.63. The largest absolute Gasteiger partial charge is 0.309 e. The van der Waals surface area contributed by atoms with E-state index >= 15 is 0 Å². The predicted octanol–water partition coefficient (Wildman–Crippen LogP) is 12.7. The summed E-state index contributed by atoms with van der Waals surface area (Å²) in [6.07, 6.45) is 0. The maximum absolute atomic E-state index is 9.75. The van der Waals surface area contributed by atoms with Crippen LogP contribution in [-0.4, -0.2) is 24.1 Å². The van der Waals surface area contributed by atoms with E-state index in [0.717, 1.165) is 44.1 Å². The van der Waals surface area contributed by atoms with E-state index in [4.69, 9.17) is 20.4 Å². The second-order valence-corrected chi connectivity index (χ2v) is 13.5. The van der Waals surface area contributed by atoms with Crippen LogP contribution >= 0.6 is 0 Å². The highest BCUT2D eigenvalue weighted by Crippen LogP contribution is 2.38. The van der Waals surface area contributed by atoms with Crippen molar-refractivity contribution >= 4 is 43.6 Å². The molecular formula is C51H33N5. The van der Waals surface area contributed by atoms with Crippen LogP contribution in [0.5, 0.6) is 0 Å². The Morgan fingerprint density at radius 2 is 0.929 bits per heavy atom. The summed E-state index contributed by atoms with van der Waals surface area (Å²) in [6, 6.07) is 48.8. The Balaban J connectivity index is 1.14. The van der Waals surface area contributed by atoms with Gasteiger partial charge in [-0.1, -0.05) is 152 Å². The number of hydrogen-bond donors (Lipinski definition) is 0. The molecule has 0 bridgehead atoms. The highest BCUT2D eigenvalue weighted by Gasteiger charge is 2.19. The molecule has 0 radical (unpaired) electrons. The van der Waals surface area contributed by atoms with Gasteiger partial charge in [-0.3, -0.25) is 4.57 Å². The first-order valence-electron chi connectivity index (χ1n) is 21.8. The van der Waals surface area contributed by atoms with Gasteiger partial charge in [0.05, 0.1) is 31.7 Å².